The SMILES string of the molecule is COc1ccccc1C1CNCCN1CCC(=O)Nc1ccc(F)cc1.Cl. The molecule has 1 heterocycles. The number of benzene rings is 2. The van der Waals surface area contributed by atoms with E-state index in [-0.39, 0.29) is 30.2 Å². The number of rotatable bonds is 6. The minimum absolute atomic E-state index is 0. The molecule has 3 rings (SSSR count). The lowest BCUT2D eigenvalue weighted by atomic mass is 10.0. The van der Waals surface area contributed by atoms with Gasteiger partial charge in [-0.1, -0.05) is 18.2 Å². The molecule has 146 valence electrons. The molecule has 0 spiro atoms. The van der Waals surface area contributed by atoms with Gasteiger partial charge in [0.25, 0.3) is 0 Å². The van der Waals surface area contributed by atoms with Crippen LogP contribution in [-0.4, -0.2) is 44.1 Å². The van der Waals surface area contributed by atoms with Crippen molar-refractivity contribution in [1.82, 2.24) is 10.2 Å². The fourth-order valence-electron chi connectivity index (χ4n) is 3.26. The molecule has 7 heteroatoms. The predicted molar refractivity (Wildman–Crippen MR) is 107 cm³/mol. The number of hydrogen-bond donors (Lipinski definition) is 2. The first-order valence-electron chi connectivity index (χ1n) is 8.80. The number of amides is 1. The van der Waals surface area contributed by atoms with Crippen LogP contribution in [0.4, 0.5) is 10.1 Å². The number of carbonyl (C=O) groups excluding carboxylic acids is 1. The van der Waals surface area contributed by atoms with Crippen molar-refractivity contribution in [2.24, 2.45) is 0 Å². The van der Waals surface area contributed by atoms with Gasteiger partial charge >= 0.3 is 0 Å². The Labute approximate surface area is 165 Å². The van der Waals surface area contributed by atoms with Gasteiger partial charge < -0.3 is 15.4 Å². The normalized spacial score (nSPS) is 17.0. The fourth-order valence-corrected chi connectivity index (χ4v) is 3.26. The third-order valence-corrected chi connectivity index (χ3v) is 4.61. The van der Waals surface area contributed by atoms with Gasteiger partial charge in [0.15, 0.2) is 0 Å². The molecule has 2 aromatic rings. The second kappa shape index (κ2) is 10.3. The maximum atomic E-state index is 12.9. The van der Waals surface area contributed by atoms with Gasteiger partial charge in [-0.15, -0.1) is 12.4 Å². The van der Waals surface area contributed by atoms with E-state index in [0.717, 1.165) is 30.9 Å². The predicted octanol–water partition coefficient (Wildman–Crippen LogP) is 3.23. The smallest absolute Gasteiger partial charge is 0.225 e. The van der Waals surface area contributed by atoms with Gasteiger partial charge in [0, 0.05) is 43.9 Å². The van der Waals surface area contributed by atoms with Crippen molar-refractivity contribution in [3.05, 3.63) is 59.9 Å². The third kappa shape index (κ3) is 5.66. The Hall–Kier alpha value is -2.15. The molecule has 1 atom stereocenters. The summed E-state index contributed by atoms with van der Waals surface area (Å²) in [7, 11) is 1.68. The monoisotopic (exact) mass is 393 g/mol. The lowest BCUT2D eigenvalue weighted by molar-refractivity contribution is -0.116. The minimum Gasteiger partial charge on any atom is -0.496 e. The molecule has 1 aliphatic heterocycles. The maximum Gasteiger partial charge on any atom is 0.225 e. The van der Waals surface area contributed by atoms with Crippen molar-refractivity contribution in [3.8, 4) is 5.75 Å². The first-order valence-corrected chi connectivity index (χ1v) is 8.80. The van der Waals surface area contributed by atoms with Crippen LogP contribution in [0.5, 0.6) is 5.75 Å². The van der Waals surface area contributed by atoms with Gasteiger partial charge in [-0.3, -0.25) is 9.69 Å². The topological polar surface area (TPSA) is 53.6 Å². The Morgan fingerprint density at radius 1 is 1.26 bits per heavy atom. The highest BCUT2D eigenvalue weighted by molar-refractivity contribution is 5.90. The van der Waals surface area contributed by atoms with Crippen LogP contribution in [0.25, 0.3) is 0 Å². The summed E-state index contributed by atoms with van der Waals surface area (Å²) in [4.78, 5) is 14.5. The van der Waals surface area contributed by atoms with E-state index in [2.05, 4.69) is 21.6 Å². The van der Waals surface area contributed by atoms with E-state index in [0.29, 0.717) is 18.7 Å². The summed E-state index contributed by atoms with van der Waals surface area (Å²) in [5.74, 6) is 0.472. The van der Waals surface area contributed by atoms with E-state index < -0.39 is 0 Å². The second-order valence-electron chi connectivity index (χ2n) is 6.30. The number of para-hydroxylation sites is 1. The molecule has 1 fully saturated rings. The largest absolute Gasteiger partial charge is 0.496 e. The van der Waals surface area contributed by atoms with Crippen LogP contribution in [-0.2, 0) is 4.79 Å². The molecule has 0 radical (unpaired) electrons. The Bertz CT molecular complexity index is 742. The van der Waals surface area contributed by atoms with Crippen molar-refractivity contribution in [1.29, 1.82) is 0 Å². The van der Waals surface area contributed by atoms with E-state index in [4.69, 9.17) is 4.74 Å². The van der Waals surface area contributed by atoms with Crippen LogP contribution in [0.3, 0.4) is 0 Å². The highest BCUT2D eigenvalue weighted by Gasteiger charge is 2.26. The first-order chi connectivity index (χ1) is 12.7. The van der Waals surface area contributed by atoms with E-state index in [1.54, 1.807) is 19.2 Å². The van der Waals surface area contributed by atoms with Crippen molar-refractivity contribution < 1.29 is 13.9 Å². The number of halogens is 2. The lowest BCUT2D eigenvalue weighted by Crippen LogP contribution is -2.46. The van der Waals surface area contributed by atoms with Crippen LogP contribution in [0.1, 0.15) is 18.0 Å². The summed E-state index contributed by atoms with van der Waals surface area (Å²) in [6.45, 7) is 3.23. The van der Waals surface area contributed by atoms with Crippen LogP contribution >= 0.6 is 12.4 Å². The Morgan fingerprint density at radius 3 is 2.74 bits per heavy atom. The molecule has 0 bridgehead atoms. The maximum absolute atomic E-state index is 12.9. The molecule has 5 nitrogen and oxygen atoms in total. The zero-order chi connectivity index (χ0) is 18.4. The zero-order valence-electron chi connectivity index (χ0n) is 15.3. The van der Waals surface area contributed by atoms with Gasteiger partial charge in [0.1, 0.15) is 11.6 Å². The molecule has 1 aliphatic rings. The molecular formula is C20H25ClFN3O2. The lowest BCUT2D eigenvalue weighted by Gasteiger charge is -2.37. The van der Waals surface area contributed by atoms with E-state index in [1.807, 2.05) is 18.2 Å². The zero-order valence-corrected chi connectivity index (χ0v) is 16.1. The van der Waals surface area contributed by atoms with Gasteiger partial charge in [-0.05, 0) is 30.3 Å². The summed E-state index contributed by atoms with van der Waals surface area (Å²) >= 11 is 0. The molecule has 27 heavy (non-hydrogen) atoms. The molecule has 0 saturated carbocycles. The highest BCUT2D eigenvalue weighted by atomic mass is 35.5. The number of nitrogens with one attached hydrogen (secondary N) is 2. The van der Waals surface area contributed by atoms with Gasteiger partial charge in [-0.2, -0.15) is 0 Å². The molecule has 1 saturated heterocycles. The fraction of sp³-hybridized carbons (Fsp3) is 0.350. The number of nitrogens with zero attached hydrogens (tertiary/aromatic N) is 1. The Morgan fingerprint density at radius 2 is 2.00 bits per heavy atom. The standard InChI is InChI=1S/C20H24FN3O2.ClH/c1-26-19-5-3-2-4-17(19)18-14-22-11-13-24(18)12-10-20(25)23-16-8-6-15(21)7-9-16;/h2-9,18,22H,10-14H2,1H3,(H,23,25);1H. The third-order valence-electron chi connectivity index (χ3n) is 4.61. The molecular weight excluding hydrogens is 369 g/mol. The summed E-state index contributed by atoms with van der Waals surface area (Å²) < 4.78 is 18.4. The molecule has 1 amide bonds. The van der Waals surface area contributed by atoms with Crippen molar-refractivity contribution in [3.63, 3.8) is 0 Å². The van der Waals surface area contributed by atoms with Crippen LogP contribution < -0.4 is 15.4 Å². The van der Waals surface area contributed by atoms with Crippen LogP contribution in [0.15, 0.2) is 48.5 Å². The Kier molecular flexibility index (Phi) is 8.03. The number of ether oxygens (including phenoxy) is 1. The number of piperazine rings is 1. The van der Waals surface area contributed by atoms with Crippen molar-refractivity contribution in [2.75, 3.05) is 38.6 Å². The second-order valence-corrected chi connectivity index (χ2v) is 6.30. The number of hydrogen-bond acceptors (Lipinski definition) is 4. The molecule has 0 aliphatic carbocycles. The summed E-state index contributed by atoms with van der Waals surface area (Å²) in [5, 5.41) is 6.23. The average molecular weight is 394 g/mol. The number of anilines is 1. The van der Waals surface area contributed by atoms with Crippen LogP contribution in [0.2, 0.25) is 0 Å². The molecule has 2 N–H and O–H groups in total. The summed E-state index contributed by atoms with van der Waals surface area (Å²) in [5.41, 5.74) is 1.74. The molecule has 0 aromatic heterocycles. The summed E-state index contributed by atoms with van der Waals surface area (Å²) in [6.07, 6.45) is 0.378. The van der Waals surface area contributed by atoms with Gasteiger partial charge in [0.2, 0.25) is 5.91 Å². The average Bonchev–Trinajstić information content (AvgIpc) is 2.68. The van der Waals surface area contributed by atoms with Crippen molar-refractivity contribution in [2.45, 2.75) is 12.5 Å². The minimum atomic E-state index is -0.316. The van der Waals surface area contributed by atoms with E-state index in [1.165, 1.54) is 12.1 Å². The number of methoxy groups -OCH3 is 1. The van der Waals surface area contributed by atoms with Gasteiger partial charge in [0.05, 0.1) is 13.2 Å². The highest BCUT2D eigenvalue weighted by Crippen LogP contribution is 2.30. The van der Waals surface area contributed by atoms with Gasteiger partial charge in [-0.25, -0.2) is 4.39 Å². The molecule has 1 unspecified atom stereocenters. The summed E-state index contributed by atoms with van der Waals surface area (Å²) in [6, 6.07) is 14.0. The van der Waals surface area contributed by atoms with E-state index >= 15 is 0 Å². The van der Waals surface area contributed by atoms with E-state index in [9.17, 15) is 9.18 Å². The number of carbonyl (C=O) groups is 1. The first kappa shape index (κ1) is 21.2. The molecule has 2 aromatic carbocycles. The van der Waals surface area contributed by atoms with Crippen LogP contribution in [0, 0.1) is 5.82 Å². The quantitative estimate of drug-likeness (QED) is 0.791. The Balaban J connectivity index is 0.00000261. The van der Waals surface area contributed by atoms with Crippen molar-refractivity contribution >= 4 is 24.0 Å².